The molecule has 0 amide bonds. The smallest absolute Gasteiger partial charge is 0.340 e. The lowest BCUT2D eigenvalue weighted by Crippen LogP contribution is -2.11. The van der Waals surface area contributed by atoms with Crippen molar-refractivity contribution in [3.8, 4) is 0 Å². The molecule has 0 fully saturated rings. The third-order valence-corrected chi connectivity index (χ3v) is 3.39. The fourth-order valence-electron chi connectivity index (χ4n) is 1.55. The molecule has 0 atom stereocenters. The number of carbonyl (C=O) groups is 1. The van der Waals surface area contributed by atoms with Gasteiger partial charge < -0.3 is 10.5 Å². The van der Waals surface area contributed by atoms with Gasteiger partial charge in [-0.15, -0.1) is 0 Å². The molecule has 0 spiro atoms. The first-order valence-corrected chi connectivity index (χ1v) is 6.51. The van der Waals surface area contributed by atoms with Crippen LogP contribution in [0.25, 0.3) is 0 Å². The lowest BCUT2D eigenvalue weighted by Gasteiger charge is -2.09. The molecule has 0 bridgehead atoms. The summed E-state index contributed by atoms with van der Waals surface area (Å²) in [5.41, 5.74) is 7.70. The van der Waals surface area contributed by atoms with Crippen molar-refractivity contribution < 1.29 is 9.53 Å². The van der Waals surface area contributed by atoms with Crippen molar-refractivity contribution in [3.63, 3.8) is 0 Å². The van der Waals surface area contributed by atoms with Gasteiger partial charge in [-0.3, -0.25) is 0 Å². The summed E-state index contributed by atoms with van der Waals surface area (Å²) in [6, 6.07) is 3.48. The van der Waals surface area contributed by atoms with Crippen molar-refractivity contribution in [1.29, 1.82) is 0 Å². The molecule has 2 N–H and O–H groups in total. The summed E-state index contributed by atoms with van der Waals surface area (Å²) in [5, 5.41) is 0. The van der Waals surface area contributed by atoms with Crippen LogP contribution in [-0.2, 0) is 4.74 Å². The molecule has 0 aromatic heterocycles. The fourth-order valence-corrected chi connectivity index (χ4v) is 1.87. The molecule has 18 heavy (non-hydrogen) atoms. The van der Waals surface area contributed by atoms with E-state index < -0.39 is 5.97 Å². The van der Waals surface area contributed by atoms with Crippen LogP contribution < -0.4 is 5.73 Å². The molecule has 4 nitrogen and oxygen atoms in total. The Kier molecular flexibility index (Phi) is 5.34. The molecule has 0 heterocycles. The minimum absolute atomic E-state index is 0.409. The first kappa shape index (κ1) is 14.7. The Morgan fingerprint density at radius 3 is 2.72 bits per heavy atom. The minimum atomic E-state index is -0.409. The molecule has 1 rings (SSSR count). The number of hydrogen-bond donors (Lipinski definition) is 1. The SMILES string of the molecule is CCCC(N)=Nc1c(C(=O)OC)ccc(Br)c1C. The van der Waals surface area contributed by atoms with Gasteiger partial charge in [-0.25, -0.2) is 9.79 Å². The van der Waals surface area contributed by atoms with Crippen LogP contribution in [0.4, 0.5) is 5.69 Å². The molecule has 1 aromatic carbocycles. The van der Waals surface area contributed by atoms with Crippen LogP contribution in [0, 0.1) is 6.92 Å². The molecule has 0 radical (unpaired) electrons. The molecule has 0 saturated carbocycles. The van der Waals surface area contributed by atoms with Crippen molar-refractivity contribution in [2.75, 3.05) is 7.11 Å². The van der Waals surface area contributed by atoms with Crippen molar-refractivity contribution in [2.45, 2.75) is 26.7 Å². The van der Waals surface area contributed by atoms with E-state index in [0.717, 1.165) is 16.5 Å². The van der Waals surface area contributed by atoms with E-state index >= 15 is 0 Å². The van der Waals surface area contributed by atoms with Crippen LogP contribution in [-0.4, -0.2) is 18.9 Å². The predicted octanol–water partition coefficient (Wildman–Crippen LogP) is 3.33. The molecular weight excluding hydrogens is 296 g/mol. The fraction of sp³-hybridized carbons (Fsp3) is 0.385. The Bertz CT molecular complexity index is 484. The van der Waals surface area contributed by atoms with Gasteiger partial charge in [0.05, 0.1) is 24.2 Å². The van der Waals surface area contributed by atoms with Crippen molar-refractivity contribution in [2.24, 2.45) is 10.7 Å². The topological polar surface area (TPSA) is 64.7 Å². The molecular formula is C13H17BrN2O2. The number of ether oxygens (including phenoxy) is 1. The quantitative estimate of drug-likeness (QED) is 0.527. The Balaban J connectivity index is 3.33. The second-order valence-electron chi connectivity index (χ2n) is 3.91. The van der Waals surface area contributed by atoms with Crippen LogP contribution in [0.15, 0.2) is 21.6 Å². The number of aliphatic imine (C=N–C) groups is 1. The molecule has 0 saturated heterocycles. The van der Waals surface area contributed by atoms with E-state index in [-0.39, 0.29) is 0 Å². The predicted molar refractivity (Wildman–Crippen MR) is 76.4 cm³/mol. The zero-order chi connectivity index (χ0) is 13.7. The Hall–Kier alpha value is -1.36. The number of hydrogen-bond acceptors (Lipinski definition) is 3. The van der Waals surface area contributed by atoms with Crippen molar-refractivity contribution in [3.05, 3.63) is 27.7 Å². The van der Waals surface area contributed by atoms with Gasteiger partial charge in [0, 0.05) is 10.9 Å². The lowest BCUT2D eigenvalue weighted by molar-refractivity contribution is 0.0601. The van der Waals surface area contributed by atoms with Crippen molar-refractivity contribution in [1.82, 2.24) is 0 Å². The summed E-state index contributed by atoms with van der Waals surface area (Å²) in [4.78, 5) is 16.0. The van der Waals surface area contributed by atoms with E-state index in [1.165, 1.54) is 7.11 Å². The maximum absolute atomic E-state index is 11.7. The first-order chi connectivity index (χ1) is 8.51. The van der Waals surface area contributed by atoms with Gasteiger partial charge in [0.2, 0.25) is 0 Å². The zero-order valence-electron chi connectivity index (χ0n) is 10.8. The number of esters is 1. The summed E-state index contributed by atoms with van der Waals surface area (Å²) in [7, 11) is 1.35. The highest BCUT2D eigenvalue weighted by molar-refractivity contribution is 9.10. The van der Waals surface area contributed by atoms with E-state index in [2.05, 4.69) is 20.9 Å². The van der Waals surface area contributed by atoms with Gasteiger partial charge in [0.1, 0.15) is 0 Å². The Morgan fingerprint density at radius 1 is 1.50 bits per heavy atom. The van der Waals surface area contributed by atoms with Gasteiger partial charge in [0.25, 0.3) is 0 Å². The number of halogens is 1. The number of benzene rings is 1. The maximum atomic E-state index is 11.7. The molecule has 0 aliphatic rings. The van der Waals surface area contributed by atoms with Crippen LogP contribution in [0.2, 0.25) is 0 Å². The zero-order valence-corrected chi connectivity index (χ0v) is 12.4. The van der Waals surface area contributed by atoms with Gasteiger partial charge in [0.15, 0.2) is 0 Å². The molecule has 5 heteroatoms. The highest BCUT2D eigenvalue weighted by Crippen LogP contribution is 2.31. The van der Waals surface area contributed by atoms with Crippen LogP contribution in [0.5, 0.6) is 0 Å². The number of amidine groups is 1. The molecule has 0 aliphatic heterocycles. The molecule has 1 aromatic rings. The summed E-state index contributed by atoms with van der Waals surface area (Å²) >= 11 is 3.42. The van der Waals surface area contributed by atoms with E-state index in [9.17, 15) is 4.79 Å². The summed E-state index contributed by atoms with van der Waals surface area (Å²) in [6.45, 7) is 3.91. The molecule has 0 unspecified atom stereocenters. The van der Waals surface area contributed by atoms with E-state index in [4.69, 9.17) is 10.5 Å². The maximum Gasteiger partial charge on any atom is 0.340 e. The van der Waals surface area contributed by atoms with Crippen LogP contribution in [0.1, 0.15) is 35.7 Å². The normalized spacial score (nSPS) is 11.4. The van der Waals surface area contributed by atoms with E-state index in [0.29, 0.717) is 23.5 Å². The van der Waals surface area contributed by atoms with Gasteiger partial charge in [-0.1, -0.05) is 22.9 Å². The van der Waals surface area contributed by atoms with Crippen LogP contribution in [0.3, 0.4) is 0 Å². The van der Waals surface area contributed by atoms with E-state index in [1.54, 1.807) is 12.1 Å². The minimum Gasteiger partial charge on any atom is -0.465 e. The summed E-state index contributed by atoms with van der Waals surface area (Å²) < 4.78 is 5.64. The van der Waals surface area contributed by atoms with Gasteiger partial charge in [-0.2, -0.15) is 0 Å². The number of rotatable bonds is 4. The second kappa shape index (κ2) is 6.54. The second-order valence-corrected chi connectivity index (χ2v) is 4.77. The number of methoxy groups -OCH3 is 1. The monoisotopic (exact) mass is 312 g/mol. The lowest BCUT2D eigenvalue weighted by atomic mass is 10.1. The molecule has 0 aliphatic carbocycles. The van der Waals surface area contributed by atoms with E-state index in [1.807, 2.05) is 13.8 Å². The van der Waals surface area contributed by atoms with Crippen molar-refractivity contribution >= 4 is 33.4 Å². The Labute approximate surface area is 115 Å². The third kappa shape index (κ3) is 3.32. The number of nitrogens with zero attached hydrogens (tertiary/aromatic N) is 1. The number of carbonyl (C=O) groups excluding carboxylic acids is 1. The average Bonchev–Trinajstić information content (AvgIpc) is 2.34. The van der Waals surface area contributed by atoms with Gasteiger partial charge >= 0.3 is 5.97 Å². The first-order valence-electron chi connectivity index (χ1n) is 5.71. The number of nitrogens with two attached hydrogens (primary N) is 1. The van der Waals surface area contributed by atoms with Gasteiger partial charge in [-0.05, 0) is 31.0 Å². The summed E-state index contributed by atoms with van der Waals surface area (Å²) in [6.07, 6.45) is 1.61. The summed E-state index contributed by atoms with van der Waals surface area (Å²) in [5.74, 6) is 0.109. The molecule has 98 valence electrons. The van der Waals surface area contributed by atoms with Crippen LogP contribution >= 0.6 is 15.9 Å². The standard InChI is InChI=1S/C13H17BrN2O2/c1-4-5-11(15)16-12-8(2)10(14)7-6-9(12)13(17)18-3/h6-7H,4-5H2,1-3H3,(H2,15,16). The highest BCUT2D eigenvalue weighted by atomic mass is 79.9. The highest BCUT2D eigenvalue weighted by Gasteiger charge is 2.15. The largest absolute Gasteiger partial charge is 0.465 e. The Morgan fingerprint density at radius 2 is 2.17 bits per heavy atom. The third-order valence-electron chi connectivity index (χ3n) is 2.53. The average molecular weight is 313 g/mol.